The summed E-state index contributed by atoms with van der Waals surface area (Å²) in [7, 11) is 0. The van der Waals surface area contributed by atoms with Crippen molar-refractivity contribution in [1.29, 1.82) is 0 Å². The molecule has 0 saturated heterocycles. The summed E-state index contributed by atoms with van der Waals surface area (Å²) in [5, 5.41) is 0. The minimum absolute atomic E-state index is 0.150. The summed E-state index contributed by atoms with van der Waals surface area (Å²) in [6.07, 6.45) is 1.56. The fraction of sp³-hybridized carbons (Fsp3) is 0.188. The molecule has 0 aliphatic carbocycles. The van der Waals surface area contributed by atoms with Crippen LogP contribution in [0.15, 0.2) is 53.5 Å². The van der Waals surface area contributed by atoms with Gasteiger partial charge in [0.2, 0.25) is 0 Å². The van der Waals surface area contributed by atoms with E-state index in [-0.39, 0.29) is 5.82 Å². The molecule has 2 heteroatoms. The Labute approximate surface area is 106 Å². The van der Waals surface area contributed by atoms with Gasteiger partial charge in [0.05, 0.1) is 0 Å². The van der Waals surface area contributed by atoms with Gasteiger partial charge in [0, 0.05) is 18.7 Å². The van der Waals surface area contributed by atoms with E-state index in [4.69, 9.17) is 0 Å². The molecule has 3 rings (SSSR count). The molecule has 0 unspecified atom stereocenters. The van der Waals surface area contributed by atoms with Crippen LogP contribution in [0.5, 0.6) is 0 Å². The highest BCUT2D eigenvalue weighted by Crippen LogP contribution is 2.19. The predicted molar refractivity (Wildman–Crippen MR) is 71.7 cm³/mol. The maximum atomic E-state index is 13.7. The predicted octanol–water partition coefficient (Wildman–Crippen LogP) is 3.41. The van der Waals surface area contributed by atoms with Crippen LogP contribution < -0.4 is 0 Å². The smallest absolute Gasteiger partial charge is 0.126 e. The quantitative estimate of drug-likeness (QED) is 0.761. The Morgan fingerprint density at radius 3 is 2.67 bits per heavy atom. The summed E-state index contributed by atoms with van der Waals surface area (Å²) in [6.45, 7) is 0.806. The molecule has 0 fully saturated rings. The minimum Gasteiger partial charge on any atom is -0.288 e. The molecule has 1 nitrogen and oxygen atoms in total. The average Bonchev–Trinajstić information content (AvgIpc) is 2.42. The fourth-order valence-electron chi connectivity index (χ4n) is 2.39. The maximum Gasteiger partial charge on any atom is 0.126 e. The summed E-state index contributed by atoms with van der Waals surface area (Å²) < 4.78 is 13.7. The zero-order valence-electron chi connectivity index (χ0n) is 10.1. The van der Waals surface area contributed by atoms with Crippen molar-refractivity contribution in [3.8, 4) is 0 Å². The molecule has 0 spiro atoms. The first-order valence-electron chi connectivity index (χ1n) is 6.19. The average molecular weight is 239 g/mol. The third-order valence-electron chi connectivity index (χ3n) is 3.33. The largest absolute Gasteiger partial charge is 0.288 e. The Hall–Kier alpha value is -1.96. The SMILES string of the molecule is Fc1ccccc1CC1=NCCc2ccccc21. The third-order valence-corrected chi connectivity index (χ3v) is 3.33. The second-order valence-corrected chi connectivity index (χ2v) is 4.50. The highest BCUT2D eigenvalue weighted by atomic mass is 19.1. The van der Waals surface area contributed by atoms with Crippen molar-refractivity contribution in [3.05, 3.63) is 71.0 Å². The summed E-state index contributed by atoms with van der Waals surface area (Å²) in [6, 6.07) is 15.2. The Balaban J connectivity index is 1.95. The van der Waals surface area contributed by atoms with Gasteiger partial charge in [-0.1, -0.05) is 42.5 Å². The van der Waals surface area contributed by atoms with Crippen molar-refractivity contribution in [1.82, 2.24) is 0 Å². The number of hydrogen-bond acceptors (Lipinski definition) is 1. The van der Waals surface area contributed by atoms with Gasteiger partial charge in [-0.25, -0.2) is 4.39 Å². The molecule has 1 aliphatic rings. The van der Waals surface area contributed by atoms with Gasteiger partial charge in [-0.2, -0.15) is 0 Å². The molecule has 90 valence electrons. The molecule has 0 N–H and O–H groups in total. The minimum atomic E-state index is -0.150. The lowest BCUT2D eigenvalue weighted by Gasteiger charge is -2.17. The van der Waals surface area contributed by atoms with Gasteiger partial charge in [0.25, 0.3) is 0 Å². The van der Waals surface area contributed by atoms with E-state index in [0.717, 1.165) is 18.7 Å². The molecule has 1 aliphatic heterocycles. The van der Waals surface area contributed by atoms with Crippen LogP contribution in [0.4, 0.5) is 4.39 Å². The second kappa shape index (κ2) is 4.73. The van der Waals surface area contributed by atoms with Crippen molar-refractivity contribution < 1.29 is 4.39 Å². The zero-order chi connectivity index (χ0) is 12.4. The van der Waals surface area contributed by atoms with Crippen LogP contribution in [0.25, 0.3) is 0 Å². The number of halogens is 1. The molecule has 0 saturated carbocycles. The number of hydrogen-bond donors (Lipinski definition) is 0. The summed E-state index contributed by atoms with van der Waals surface area (Å²) in [5.41, 5.74) is 4.21. The fourth-order valence-corrected chi connectivity index (χ4v) is 2.39. The van der Waals surface area contributed by atoms with Gasteiger partial charge >= 0.3 is 0 Å². The zero-order valence-corrected chi connectivity index (χ0v) is 10.1. The van der Waals surface area contributed by atoms with Crippen molar-refractivity contribution >= 4 is 5.71 Å². The Bertz CT molecular complexity index is 602. The van der Waals surface area contributed by atoms with Crippen LogP contribution in [0, 0.1) is 5.82 Å². The van der Waals surface area contributed by atoms with E-state index in [1.165, 1.54) is 17.2 Å². The lowest BCUT2D eigenvalue weighted by molar-refractivity contribution is 0.616. The van der Waals surface area contributed by atoms with Crippen LogP contribution in [0.3, 0.4) is 0 Å². The van der Waals surface area contributed by atoms with Gasteiger partial charge in [0.1, 0.15) is 5.82 Å². The topological polar surface area (TPSA) is 12.4 Å². The highest BCUT2D eigenvalue weighted by Gasteiger charge is 2.14. The van der Waals surface area contributed by atoms with Crippen LogP contribution in [0.2, 0.25) is 0 Å². The molecule has 1 heterocycles. The number of nitrogens with zero attached hydrogens (tertiary/aromatic N) is 1. The van der Waals surface area contributed by atoms with E-state index >= 15 is 0 Å². The van der Waals surface area contributed by atoms with Gasteiger partial charge in [-0.3, -0.25) is 4.99 Å². The van der Waals surface area contributed by atoms with Gasteiger partial charge in [-0.15, -0.1) is 0 Å². The number of aliphatic imine (C=N–C) groups is 1. The Morgan fingerprint density at radius 2 is 1.78 bits per heavy atom. The molecule has 0 amide bonds. The molecule has 0 bridgehead atoms. The summed E-state index contributed by atoms with van der Waals surface area (Å²) in [4.78, 5) is 4.56. The summed E-state index contributed by atoms with van der Waals surface area (Å²) in [5.74, 6) is -0.150. The van der Waals surface area contributed by atoms with E-state index in [2.05, 4.69) is 17.1 Å². The monoisotopic (exact) mass is 239 g/mol. The Kier molecular flexibility index (Phi) is 2.93. The molecule has 0 atom stereocenters. The lowest BCUT2D eigenvalue weighted by atomic mass is 9.94. The van der Waals surface area contributed by atoms with Crippen LogP contribution >= 0.6 is 0 Å². The second-order valence-electron chi connectivity index (χ2n) is 4.50. The molecule has 0 radical (unpaired) electrons. The Morgan fingerprint density at radius 1 is 1.00 bits per heavy atom. The van der Waals surface area contributed by atoms with Crippen LogP contribution in [-0.2, 0) is 12.8 Å². The van der Waals surface area contributed by atoms with Crippen LogP contribution in [0.1, 0.15) is 16.7 Å². The number of benzene rings is 2. The van der Waals surface area contributed by atoms with E-state index in [1.54, 1.807) is 6.07 Å². The first-order chi connectivity index (χ1) is 8.84. The lowest BCUT2D eigenvalue weighted by Crippen LogP contribution is -2.15. The van der Waals surface area contributed by atoms with Crippen molar-refractivity contribution in [2.45, 2.75) is 12.8 Å². The van der Waals surface area contributed by atoms with Crippen molar-refractivity contribution in [3.63, 3.8) is 0 Å². The van der Waals surface area contributed by atoms with Gasteiger partial charge in [0.15, 0.2) is 0 Å². The van der Waals surface area contributed by atoms with Crippen molar-refractivity contribution in [2.75, 3.05) is 6.54 Å². The number of fused-ring (bicyclic) bond motifs is 1. The molecule has 2 aromatic rings. The molecule has 18 heavy (non-hydrogen) atoms. The van der Waals surface area contributed by atoms with Gasteiger partial charge < -0.3 is 0 Å². The molecule has 2 aromatic carbocycles. The van der Waals surface area contributed by atoms with E-state index in [1.807, 2.05) is 24.3 Å². The van der Waals surface area contributed by atoms with Crippen LogP contribution in [-0.4, -0.2) is 12.3 Å². The normalized spacial score (nSPS) is 13.9. The molecular weight excluding hydrogens is 225 g/mol. The third kappa shape index (κ3) is 2.06. The molecule has 0 aromatic heterocycles. The van der Waals surface area contributed by atoms with E-state index < -0.39 is 0 Å². The van der Waals surface area contributed by atoms with E-state index in [0.29, 0.717) is 12.0 Å². The van der Waals surface area contributed by atoms with Gasteiger partial charge in [-0.05, 0) is 29.2 Å². The first kappa shape index (κ1) is 11.1. The highest BCUT2D eigenvalue weighted by molar-refractivity contribution is 6.03. The molecular formula is C16H14FN. The summed E-state index contributed by atoms with van der Waals surface area (Å²) >= 11 is 0. The van der Waals surface area contributed by atoms with E-state index in [9.17, 15) is 4.39 Å². The number of rotatable bonds is 2. The maximum absolute atomic E-state index is 13.7. The van der Waals surface area contributed by atoms with Crippen molar-refractivity contribution in [2.24, 2.45) is 4.99 Å². The standard InChI is InChI=1S/C16H14FN/c17-15-8-4-2-6-13(15)11-16-14-7-3-1-5-12(14)9-10-18-16/h1-8H,9-11H2. The first-order valence-corrected chi connectivity index (χ1v) is 6.19.